The van der Waals surface area contributed by atoms with Crippen molar-refractivity contribution in [1.82, 2.24) is 0 Å². The first kappa shape index (κ1) is 13.1. The summed E-state index contributed by atoms with van der Waals surface area (Å²) in [5.41, 5.74) is 1.13. The van der Waals surface area contributed by atoms with Crippen LogP contribution < -0.4 is 4.74 Å². The highest BCUT2D eigenvalue weighted by Crippen LogP contribution is 2.28. The molecule has 1 atom stereocenters. The minimum absolute atomic E-state index is 0.134. The van der Waals surface area contributed by atoms with E-state index in [1.165, 1.54) is 12.1 Å². The zero-order valence-corrected chi connectivity index (χ0v) is 11.1. The molecule has 0 aliphatic rings. The SMILES string of the molecule is O[C@H](Br)c1cccc(OCc2ccccc2)c1F. The summed E-state index contributed by atoms with van der Waals surface area (Å²) in [6.45, 7) is 0.291. The lowest BCUT2D eigenvalue weighted by atomic mass is 10.2. The van der Waals surface area contributed by atoms with Crippen molar-refractivity contribution in [3.63, 3.8) is 0 Å². The Morgan fingerprint density at radius 1 is 1.11 bits per heavy atom. The van der Waals surface area contributed by atoms with Gasteiger partial charge in [0.15, 0.2) is 11.6 Å². The lowest BCUT2D eigenvalue weighted by Crippen LogP contribution is -2.00. The lowest BCUT2D eigenvalue weighted by molar-refractivity contribution is 0.260. The third kappa shape index (κ3) is 3.09. The van der Waals surface area contributed by atoms with Crippen LogP contribution in [0, 0.1) is 5.82 Å². The van der Waals surface area contributed by atoms with Crippen molar-refractivity contribution in [3.8, 4) is 5.75 Å². The Bertz CT molecular complexity index is 514. The maximum atomic E-state index is 13.9. The van der Waals surface area contributed by atoms with E-state index in [4.69, 9.17) is 4.74 Å². The molecule has 2 nitrogen and oxygen atoms in total. The van der Waals surface area contributed by atoms with Crippen LogP contribution in [-0.2, 0) is 6.61 Å². The highest BCUT2D eigenvalue weighted by molar-refractivity contribution is 9.09. The molecule has 18 heavy (non-hydrogen) atoms. The molecule has 2 rings (SSSR count). The normalized spacial score (nSPS) is 12.2. The summed E-state index contributed by atoms with van der Waals surface area (Å²) < 4.78 is 19.3. The minimum atomic E-state index is -1.03. The third-order valence-electron chi connectivity index (χ3n) is 2.49. The van der Waals surface area contributed by atoms with E-state index in [1.807, 2.05) is 30.3 Å². The molecule has 0 saturated carbocycles. The molecule has 0 heterocycles. The average Bonchev–Trinajstić information content (AvgIpc) is 2.38. The highest BCUT2D eigenvalue weighted by atomic mass is 79.9. The van der Waals surface area contributed by atoms with Gasteiger partial charge in [0, 0.05) is 5.56 Å². The molecule has 4 heteroatoms. The van der Waals surface area contributed by atoms with E-state index in [2.05, 4.69) is 15.9 Å². The predicted octanol–water partition coefficient (Wildman–Crippen LogP) is 3.79. The molecule has 0 bridgehead atoms. The second-order valence-corrected chi connectivity index (χ2v) is 4.64. The van der Waals surface area contributed by atoms with Crippen LogP contribution in [0.15, 0.2) is 48.5 Å². The van der Waals surface area contributed by atoms with E-state index >= 15 is 0 Å². The topological polar surface area (TPSA) is 29.5 Å². The molecule has 1 N–H and O–H groups in total. The van der Waals surface area contributed by atoms with Crippen molar-refractivity contribution < 1.29 is 14.2 Å². The number of ether oxygens (including phenoxy) is 1. The van der Waals surface area contributed by atoms with E-state index in [1.54, 1.807) is 6.07 Å². The summed E-state index contributed by atoms with van der Waals surface area (Å²) >= 11 is 2.92. The van der Waals surface area contributed by atoms with Crippen LogP contribution in [0.25, 0.3) is 0 Å². The van der Waals surface area contributed by atoms with Crippen molar-refractivity contribution in [1.29, 1.82) is 0 Å². The fourth-order valence-electron chi connectivity index (χ4n) is 1.56. The maximum absolute atomic E-state index is 13.9. The molecule has 0 amide bonds. The van der Waals surface area contributed by atoms with E-state index in [9.17, 15) is 9.50 Å². The fourth-order valence-corrected chi connectivity index (χ4v) is 1.91. The van der Waals surface area contributed by atoms with Crippen LogP contribution in [0.4, 0.5) is 4.39 Å². The number of rotatable bonds is 4. The monoisotopic (exact) mass is 310 g/mol. The first-order chi connectivity index (χ1) is 8.68. The molecule has 0 aromatic heterocycles. The van der Waals surface area contributed by atoms with Crippen molar-refractivity contribution in [2.75, 3.05) is 0 Å². The molecule has 0 unspecified atom stereocenters. The molecule has 0 aliphatic carbocycles. The first-order valence-electron chi connectivity index (χ1n) is 5.46. The second-order valence-electron chi connectivity index (χ2n) is 3.77. The minimum Gasteiger partial charge on any atom is -0.486 e. The van der Waals surface area contributed by atoms with Gasteiger partial charge >= 0.3 is 0 Å². The largest absolute Gasteiger partial charge is 0.486 e. The number of halogens is 2. The standard InChI is InChI=1S/C14H12BrFO2/c15-14(17)11-7-4-8-12(13(11)16)18-9-10-5-2-1-3-6-10/h1-8,14,17H,9H2/t14-/m0/s1. The Morgan fingerprint density at radius 2 is 1.83 bits per heavy atom. The van der Waals surface area contributed by atoms with Gasteiger partial charge < -0.3 is 9.84 Å². The molecule has 0 radical (unpaired) electrons. The smallest absolute Gasteiger partial charge is 0.171 e. The zero-order chi connectivity index (χ0) is 13.0. The van der Waals surface area contributed by atoms with Gasteiger partial charge in [0.2, 0.25) is 0 Å². The van der Waals surface area contributed by atoms with Gasteiger partial charge in [-0.3, -0.25) is 0 Å². The predicted molar refractivity (Wildman–Crippen MR) is 71.1 cm³/mol. The third-order valence-corrected chi connectivity index (χ3v) is 2.98. The number of hydrogen-bond acceptors (Lipinski definition) is 2. The quantitative estimate of drug-likeness (QED) is 0.871. The Hall–Kier alpha value is -1.39. The van der Waals surface area contributed by atoms with Gasteiger partial charge in [0.1, 0.15) is 11.6 Å². The van der Waals surface area contributed by atoms with Gasteiger partial charge in [-0.1, -0.05) is 58.4 Å². The second kappa shape index (κ2) is 5.98. The summed E-state index contributed by atoms with van der Waals surface area (Å²) in [5.74, 6) is -0.410. The van der Waals surface area contributed by atoms with Crippen molar-refractivity contribution >= 4 is 15.9 Å². The molecule has 2 aromatic carbocycles. The van der Waals surface area contributed by atoms with Gasteiger partial charge in [-0.05, 0) is 11.6 Å². The molecule has 0 fully saturated rings. The number of hydrogen-bond donors (Lipinski definition) is 1. The maximum Gasteiger partial charge on any atom is 0.171 e. The van der Waals surface area contributed by atoms with Crippen LogP contribution in [0.5, 0.6) is 5.75 Å². The van der Waals surface area contributed by atoms with Crippen LogP contribution in [0.1, 0.15) is 16.1 Å². The van der Waals surface area contributed by atoms with Gasteiger partial charge in [-0.25, -0.2) is 4.39 Å². The summed E-state index contributed by atoms with van der Waals surface area (Å²) in [6, 6.07) is 14.2. The van der Waals surface area contributed by atoms with Gasteiger partial charge in [-0.2, -0.15) is 0 Å². The summed E-state index contributed by atoms with van der Waals surface area (Å²) in [7, 11) is 0. The van der Waals surface area contributed by atoms with Crippen molar-refractivity contribution in [3.05, 3.63) is 65.5 Å². The van der Waals surface area contributed by atoms with Crippen LogP contribution in [0.3, 0.4) is 0 Å². The molecular formula is C14H12BrFO2. The van der Waals surface area contributed by atoms with E-state index in [0.29, 0.717) is 6.61 Å². The summed E-state index contributed by atoms with van der Waals surface area (Å²) in [4.78, 5) is 0. The van der Waals surface area contributed by atoms with Crippen LogP contribution in [-0.4, -0.2) is 5.11 Å². The summed E-state index contributed by atoms with van der Waals surface area (Å²) in [6.07, 6.45) is 0. The number of benzene rings is 2. The van der Waals surface area contributed by atoms with Gasteiger partial charge in [-0.15, -0.1) is 0 Å². The Morgan fingerprint density at radius 3 is 2.50 bits per heavy atom. The Kier molecular flexibility index (Phi) is 4.33. The average molecular weight is 311 g/mol. The number of alkyl halides is 1. The van der Waals surface area contributed by atoms with Crippen molar-refractivity contribution in [2.24, 2.45) is 0 Å². The molecule has 94 valence electrons. The van der Waals surface area contributed by atoms with Crippen molar-refractivity contribution in [2.45, 2.75) is 11.6 Å². The molecule has 0 saturated heterocycles. The molecule has 0 spiro atoms. The van der Waals surface area contributed by atoms with Crippen LogP contribution >= 0.6 is 15.9 Å². The van der Waals surface area contributed by atoms with E-state index < -0.39 is 10.8 Å². The molecular weight excluding hydrogens is 299 g/mol. The van der Waals surface area contributed by atoms with E-state index in [-0.39, 0.29) is 11.3 Å². The first-order valence-corrected chi connectivity index (χ1v) is 6.37. The van der Waals surface area contributed by atoms with Gasteiger partial charge in [0.05, 0.1) is 0 Å². The Balaban J connectivity index is 2.13. The number of aliphatic hydroxyl groups excluding tert-OH is 1. The zero-order valence-electron chi connectivity index (χ0n) is 9.51. The Labute approximate surface area is 113 Å². The molecule has 2 aromatic rings. The van der Waals surface area contributed by atoms with E-state index in [0.717, 1.165) is 5.56 Å². The van der Waals surface area contributed by atoms with Gasteiger partial charge in [0.25, 0.3) is 0 Å². The summed E-state index contributed by atoms with van der Waals surface area (Å²) in [5, 5.41) is 8.31. The van der Waals surface area contributed by atoms with Crippen LogP contribution in [0.2, 0.25) is 0 Å². The number of aliphatic hydroxyl groups is 1. The lowest BCUT2D eigenvalue weighted by Gasteiger charge is -2.11. The highest BCUT2D eigenvalue weighted by Gasteiger charge is 2.13. The fraction of sp³-hybridized carbons (Fsp3) is 0.143. The molecule has 0 aliphatic heterocycles.